The van der Waals surface area contributed by atoms with Crippen LogP contribution >= 0.6 is 0 Å². The number of aromatic nitrogens is 1. The quantitative estimate of drug-likeness (QED) is 0.723. The second-order valence-electron chi connectivity index (χ2n) is 3.75. The van der Waals surface area contributed by atoms with Crippen LogP contribution in [0.4, 0.5) is 5.69 Å². The largest absolute Gasteiger partial charge is 0.508 e. The van der Waals surface area contributed by atoms with Crippen LogP contribution in [0.1, 0.15) is 5.69 Å². The molecule has 0 atom stereocenters. The Morgan fingerprint density at radius 3 is 2.88 bits per heavy atom. The zero-order chi connectivity index (χ0) is 11.5. The molecule has 4 heteroatoms. The first kappa shape index (κ1) is 10.7. The molecule has 2 aromatic rings. The maximum absolute atomic E-state index is 9.46. The van der Waals surface area contributed by atoms with Crippen molar-refractivity contribution in [1.29, 1.82) is 0 Å². The number of aryl methyl sites for hydroxylation is 1. The summed E-state index contributed by atoms with van der Waals surface area (Å²) < 4.78 is 0. The van der Waals surface area contributed by atoms with Crippen molar-refractivity contribution < 1.29 is 15.2 Å². The van der Waals surface area contributed by atoms with Crippen molar-refractivity contribution in [2.75, 3.05) is 18.5 Å². The van der Waals surface area contributed by atoms with Gasteiger partial charge in [0.15, 0.2) is 5.69 Å². The van der Waals surface area contributed by atoms with Gasteiger partial charge in [-0.1, -0.05) is 0 Å². The van der Waals surface area contributed by atoms with Crippen molar-refractivity contribution >= 4 is 16.6 Å². The molecule has 0 aliphatic carbocycles. The molecule has 0 saturated carbocycles. The lowest BCUT2D eigenvalue weighted by atomic mass is 10.1. The third-order valence-corrected chi connectivity index (χ3v) is 2.41. The van der Waals surface area contributed by atoms with Gasteiger partial charge in [-0.15, -0.1) is 0 Å². The summed E-state index contributed by atoms with van der Waals surface area (Å²) in [5.41, 5.74) is 2.90. The highest BCUT2D eigenvalue weighted by molar-refractivity contribution is 5.90. The molecule has 1 aromatic carbocycles. The SMILES string of the molecule is Cc1cc(NCCO)c2cc(O)ccc2[nH+]1. The van der Waals surface area contributed by atoms with E-state index in [0.29, 0.717) is 6.54 Å². The Labute approximate surface area is 93.6 Å². The van der Waals surface area contributed by atoms with Gasteiger partial charge in [-0.3, -0.25) is 0 Å². The number of aromatic hydroxyl groups is 1. The van der Waals surface area contributed by atoms with Crippen LogP contribution in [0.25, 0.3) is 10.9 Å². The van der Waals surface area contributed by atoms with Gasteiger partial charge >= 0.3 is 0 Å². The molecule has 16 heavy (non-hydrogen) atoms. The average Bonchev–Trinajstić information content (AvgIpc) is 2.26. The first-order chi connectivity index (χ1) is 7.70. The Bertz CT molecular complexity index is 512. The number of hydrogen-bond donors (Lipinski definition) is 3. The van der Waals surface area contributed by atoms with E-state index in [-0.39, 0.29) is 12.4 Å². The van der Waals surface area contributed by atoms with E-state index in [1.54, 1.807) is 12.1 Å². The highest BCUT2D eigenvalue weighted by Crippen LogP contribution is 2.24. The van der Waals surface area contributed by atoms with Crippen LogP contribution in [0, 0.1) is 6.92 Å². The number of aromatic amines is 1. The third kappa shape index (κ3) is 2.06. The van der Waals surface area contributed by atoms with Gasteiger partial charge in [-0.25, -0.2) is 4.98 Å². The second-order valence-corrected chi connectivity index (χ2v) is 3.75. The minimum Gasteiger partial charge on any atom is -0.508 e. The fraction of sp³-hybridized carbons (Fsp3) is 0.250. The number of benzene rings is 1. The molecule has 4 N–H and O–H groups in total. The lowest BCUT2D eigenvalue weighted by Crippen LogP contribution is -2.12. The summed E-state index contributed by atoms with van der Waals surface area (Å²) in [5.74, 6) is 0.233. The minimum absolute atomic E-state index is 0.0813. The van der Waals surface area contributed by atoms with E-state index in [1.807, 2.05) is 19.1 Å². The van der Waals surface area contributed by atoms with E-state index >= 15 is 0 Å². The smallest absolute Gasteiger partial charge is 0.213 e. The van der Waals surface area contributed by atoms with E-state index in [9.17, 15) is 5.11 Å². The van der Waals surface area contributed by atoms with Crippen molar-refractivity contribution in [3.8, 4) is 5.75 Å². The molecule has 0 aliphatic rings. The summed E-state index contributed by atoms with van der Waals surface area (Å²) in [7, 11) is 0. The molecular formula is C12H15N2O2+. The fourth-order valence-electron chi connectivity index (χ4n) is 1.74. The summed E-state index contributed by atoms with van der Waals surface area (Å²) in [6.45, 7) is 2.54. The topological polar surface area (TPSA) is 66.6 Å². The van der Waals surface area contributed by atoms with E-state index < -0.39 is 0 Å². The number of pyridine rings is 1. The number of aliphatic hydroxyl groups excluding tert-OH is 1. The van der Waals surface area contributed by atoms with Gasteiger partial charge in [0.1, 0.15) is 5.75 Å². The van der Waals surface area contributed by atoms with Crippen LogP contribution in [-0.4, -0.2) is 23.4 Å². The highest BCUT2D eigenvalue weighted by atomic mass is 16.3. The molecule has 0 spiro atoms. The van der Waals surface area contributed by atoms with Crippen molar-refractivity contribution in [2.45, 2.75) is 6.92 Å². The van der Waals surface area contributed by atoms with Gasteiger partial charge in [0.25, 0.3) is 0 Å². The van der Waals surface area contributed by atoms with Crippen LogP contribution in [0.3, 0.4) is 0 Å². The lowest BCUT2D eigenvalue weighted by molar-refractivity contribution is -0.354. The molecule has 0 bridgehead atoms. The molecule has 0 saturated heterocycles. The number of anilines is 1. The first-order valence-corrected chi connectivity index (χ1v) is 5.21. The minimum atomic E-state index is 0.0813. The van der Waals surface area contributed by atoms with Gasteiger partial charge in [-0.2, -0.15) is 0 Å². The molecule has 0 amide bonds. The average molecular weight is 219 g/mol. The van der Waals surface area contributed by atoms with Crippen molar-refractivity contribution in [2.24, 2.45) is 0 Å². The Balaban J connectivity index is 2.55. The molecular weight excluding hydrogens is 204 g/mol. The number of hydrogen-bond acceptors (Lipinski definition) is 3. The number of H-pyrrole nitrogens is 1. The Hall–Kier alpha value is -1.81. The number of aliphatic hydroxyl groups is 1. The van der Waals surface area contributed by atoms with Crippen molar-refractivity contribution in [1.82, 2.24) is 0 Å². The Morgan fingerprint density at radius 1 is 1.31 bits per heavy atom. The van der Waals surface area contributed by atoms with E-state index in [1.165, 1.54) is 0 Å². The highest BCUT2D eigenvalue weighted by Gasteiger charge is 2.09. The van der Waals surface area contributed by atoms with Gasteiger partial charge in [-0.05, 0) is 12.1 Å². The molecule has 0 fully saturated rings. The van der Waals surface area contributed by atoms with Crippen LogP contribution < -0.4 is 10.3 Å². The van der Waals surface area contributed by atoms with Gasteiger partial charge < -0.3 is 15.5 Å². The normalized spacial score (nSPS) is 10.6. The number of nitrogens with one attached hydrogen (secondary N) is 2. The Morgan fingerprint density at radius 2 is 2.12 bits per heavy atom. The predicted octanol–water partition coefficient (Wildman–Crippen LogP) is 1.07. The second kappa shape index (κ2) is 4.37. The third-order valence-electron chi connectivity index (χ3n) is 2.41. The molecule has 1 heterocycles. The number of phenols is 1. The molecule has 0 radical (unpaired) electrons. The van der Waals surface area contributed by atoms with Crippen LogP contribution in [0.2, 0.25) is 0 Å². The maximum Gasteiger partial charge on any atom is 0.213 e. The van der Waals surface area contributed by atoms with Crippen molar-refractivity contribution in [3.63, 3.8) is 0 Å². The molecule has 0 unspecified atom stereocenters. The Kier molecular flexibility index (Phi) is 2.92. The van der Waals surface area contributed by atoms with E-state index in [0.717, 1.165) is 22.3 Å². The van der Waals surface area contributed by atoms with Crippen LogP contribution in [0.5, 0.6) is 5.75 Å². The summed E-state index contributed by atoms with van der Waals surface area (Å²) in [4.78, 5) is 3.22. The number of rotatable bonds is 3. The van der Waals surface area contributed by atoms with Gasteiger partial charge in [0, 0.05) is 25.6 Å². The fourth-order valence-corrected chi connectivity index (χ4v) is 1.74. The van der Waals surface area contributed by atoms with Gasteiger partial charge in [0.05, 0.1) is 17.7 Å². The standard InChI is InChI=1S/C12H14N2O2/c1-8-6-12(13-4-5-15)10-7-9(16)2-3-11(10)14-8/h2-3,6-7,15-16H,4-5H2,1H3,(H,13,14)/p+1. The maximum atomic E-state index is 9.46. The van der Waals surface area contributed by atoms with Gasteiger partial charge in [0.2, 0.25) is 5.52 Å². The van der Waals surface area contributed by atoms with Crippen molar-refractivity contribution in [3.05, 3.63) is 30.0 Å². The summed E-state index contributed by atoms with van der Waals surface area (Å²) >= 11 is 0. The summed E-state index contributed by atoms with van der Waals surface area (Å²) in [6, 6.07) is 7.14. The number of fused-ring (bicyclic) bond motifs is 1. The predicted molar refractivity (Wildman–Crippen MR) is 62.5 cm³/mol. The van der Waals surface area contributed by atoms with E-state index in [4.69, 9.17) is 5.11 Å². The molecule has 84 valence electrons. The summed E-state index contributed by atoms with van der Waals surface area (Å²) in [5, 5.41) is 22.3. The monoisotopic (exact) mass is 219 g/mol. The van der Waals surface area contributed by atoms with Crippen LogP contribution in [-0.2, 0) is 0 Å². The lowest BCUT2D eigenvalue weighted by Gasteiger charge is -2.06. The molecule has 0 aliphatic heterocycles. The zero-order valence-electron chi connectivity index (χ0n) is 9.12. The van der Waals surface area contributed by atoms with Crippen LogP contribution in [0.15, 0.2) is 24.3 Å². The van der Waals surface area contributed by atoms with E-state index in [2.05, 4.69) is 10.3 Å². The molecule has 1 aromatic heterocycles. The first-order valence-electron chi connectivity index (χ1n) is 5.21. The molecule has 2 rings (SSSR count). The summed E-state index contributed by atoms with van der Waals surface area (Å²) in [6.07, 6.45) is 0. The molecule has 4 nitrogen and oxygen atoms in total. The zero-order valence-corrected chi connectivity index (χ0v) is 9.12. The number of phenolic OH excluding ortho intramolecular Hbond substituents is 1.